The first kappa shape index (κ1) is 14.3. The summed E-state index contributed by atoms with van der Waals surface area (Å²) in [5.41, 5.74) is 0. The van der Waals surface area contributed by atoms with Gasteiger partial charge >= 0.3 is 5.97 Å². The van der Waals surface area contributed by atoms with Gasteiger partial charge in [-0.2, -0.15) is 0 Å². The molecule has 0 aromatic rings. The molecule has 0 aliphatic carbocycles. The summed E-state index contributed by atoms with van der Waals surface area (Å²) in [6, 6.07) is 0. The number of carbonyl (C=O) groups is 3. The van der Waals surface area contributed by atoms with Gasteiger partial charge in [0.15, 0.2) is 0 Å². The van der Waals surface area contributed by atoms with Gasteiger partial charge in [-0.25, -0.2) is 4.79 Å². The average Bonchev–Trinajstić information content (AvgIpc) is 2.68. The van der Waals surface area contributed by atoms with Crippen LogP contribution in [-0.2, 0) is 28.6 Å². The van der Waals surface area contributed by atoms with E-state index in [0.717, 1.165) is 4.90 Å². The number of methoxy groups -OCH3 is 1. The first-order valence-corrected chi connectivity index (χ1v) is 5.41. The van der Waals surface area contributed by atoms with Crippen LogP contribution in [-0.4, -0.2) is 62.8 Å². The zero-order valence-corrected chi connectivity index (χ0v) is 10.1. The van der Waals surface area contributed by atoms with Crippen LogP contribution in [0, 0.1) is 0 Å². The summed E-state index contributed by atoms with van der Waals surface area (Å²) in [5.74, 6) is -1.11. The van der Waals surface area contributed by atoms with Crippen molar-refractivity contribution in [2.45, 2.75) is 0 Å². The molecular weight excluding hydrogens is 242 g/mol. The number of carbonyl (C=O) groups excluding carboxylic acids is 3. The number of nitrogens with zero attached hydrogens (tertiary/aromatic N) is 1. The Bertz CT molecular complexity index is 333. The fourth-order valence-corrected chi connectivity index (χ4v) is 1.24. The second kappa shape index (κ2) is 7.57. The van der Waals surface area contributed by atoms with E-state index in [0.29, 0.717) is 0 Å². The third-order valence-corrected chi connectivity index (χ3v) is 2.18. The largest absolute Gasteiger partial charge is 0.467 e. The van der Waals surface area contributed by atoms with Gasteiger partial charge in [-0.15, -0.1) is 0 Å². The molecule has 7 nitrogen and oxygen atoms in total. The van der Waals surface area contributed by atoms with Crippen LogP contribution in [0.5, 0.6) is 0 Å². The highest BCUT2D eigenvalue weighted by molar-refractivity contribution is 6.12. The van der Waals surface area contributed by atoms with Crippen molar-refractivity contribution < 1.29 is 28.6 Å². The molecule has 0 unspecified atom stereocenters. The van der Waals surface area contributed by atoms with E-state index in [-0.39, 0.29) is 44.8 Å². The Kier molecular flexibility index (Phi) is 6.03. The molecule has 1 heterocycles. The van der Waals surface area contributed by atoms with Gasteiger partial charge in [-0.05, 0) is 0 Å². The fraction of sp³-hybridized carbons (Fsp3) is 0.545. The SMILES string of the molecule is COC(=O)COCCOCCN1C(=O)C=CC1=O. The van der Waals surface area contributed by atoms with Gasteiger partial charge in [0.2, 0.25) is 0 Å². The summed E-state index contributed by atoms with van der Waals surface area (Å²) in [6.07, 6.45) is 2.45. The molecule has 0 aromatic carbocycles. The maximum atomic E-state index is 11.1. The molecule has 1 aliphatic heterocycles. The van der Waals surface area contributed by atoms with E-state index in [1.54, 1.807) is 0 Å². The first-order valence-electron chi connectivity index (χ1n) is 5.41. The Labute approximate surface area is 104 Å². The Balaban J connectivity index is 1.98. The van der Waals surface area contributed by atoms with Crippen LogP contribution < -0.4 is 0 Å². The molecule has 2 amide bonds. The van der Waals surface area contributed by atoms with Gasteiger partial charge in [0.05, 0.1) is 33.5 Å². The lowest BCUT2D eigenvalue weighted by molar-refractivity contribution is -0.146. The van der Waals surface area contributed by atoms with Crippen molar-refractivity contribution in [1.82, 2.24) is 4.90 Å². The van der Waals surface area contributed by atoms with Crippen LogP contribution in [0.3, 0.4) is 0 Å². The highest BCUT2D eigenvalue weighted by Gasteiger charge is 2.22. The summed E-state index contributed by atoms with van der Waals surface area (Å²) in [5, 5.41) is 0. The summed E-state index contributed by atoms with van der Waals surface area (Å²) in [6.45, 7) is 0.852. The number of hydrogen-bond donors (Lipinski definition) is 0. The van der Waals surface area contributed by atoms with Crippen LogP contribution in [0.1, 0.15) is 0 Å². The van der Waals surface area contributed by atoms with Gasteiger partial charge in [0, 0.05) is 12.2 Å². The molecule has 0 saturated heterocycles. The number of rotatable bonds is 8. The third-order valence-electron chi connectivity index (χ3n) is 2.18. The zero-order chi connectivity index (χ0) is 13.4. The predicted octanol–water partition coefficient (Wildman–Crippen LogP) is -0.882. The molecule has 0 saturated carbocycles. The van der Waals surface area contributed by atoms with Crippen molar-refractivity contribution in [3.05, 3.63) is 12.2 Å². The van der Waals surface area contributed by atoms with Crippen molar-refractivity contribution in [2.24, 2.45) is 0 Å². The van der Waals surface area contributed by atoms with Gasteiger partial charge in [-0.3, -0.25) is 14.5 Å². The highest BCUT2D eigenvalue weighted by Crippen LogP contribution is 2.02. The van der Waals surface area contributed by atoms with Gasteiger partial charge in [-0.1, -0.05) is 0 Å². The summed E-state index contributed by atoms with van der Waals surface area (Å²) >= 11 is 0. The zero-order valence-electron chi connectivity index (χ0n) is 10.1. The van der Waals surface area contributed by atoms with E-state index in [2.05, 4.69) is 4.74 Å². The molecule has 0 aromatic heterocycles. The second-order valence-electron chi connectivity index (χ2n) is 3.40. The van der Waals surface area contributed by atoms with Crippen molar-refractivity contribution in [3.8, 4) is 0 Å². The molecule has 0 N–H and O–H groups in total. The van der Waals surface area contributed by atoms with Crippen molar-refractivity contribution in [2.75, 3.05) is 40.1 Å². The van der Waals surface area contributed by atoms with Crippen molar-refractivity contribution in [1.29, 1.82) is 0 Å². The molecule has 0 bridgehead atoms. The minimum atomic E-state index is -0.450. The molecule has 7 heteroatoms. The van der Waals surface area contributed by atoms with E-state index < -0.39 is 5.97 Å². The van der Waals surface area contributed by atoms with E-state index in [9.17, 15) is 14.4 Å². The quantitative estimate of drug-likeness (QED) is 0.319. The standard InChI is InChI=1S/C11H15NO6/c1-16-11(15)8-18-7-6-17-5-4-12-9(13)2-3-10(12)14/h2-3H,4-8H2,1H3. The minimum absolute atomic E-state index is 0.118. The predicted molar refractivity (Wildman–Crippen MR) is 59.5 cm³/mol. The van der Waals surface area contributed by atoms with Crippen molar-refractivity contribution >= 4 is 17.8 Å². The van der Waals surface area contributed by atoms with Crippen LogP contribution in [0.15, 0.2) is 12.2 Å². The van der Waals surface area contributed by atoms with E-state index in [4.69, 9.17) is 9.47 Å². The maximum Gasteiger partial charge on any atom is 0.331 e. The monoisotopic (exact) mass is 257 g/mol. The summed E-state index contributed by atoms with van der Waals surface area (Å²) < 4.78 is 14.5. The van der Waals surface area contributed by atoms with Crippen LogP contribution in [0.2, 0.25) is 0 Å². The van der Waals surface area contributed by atoms with Crippen LogP contribution in [0.25, 0.3) is 0 Å². The Morgan fingerprint density at radius 1 is 1.11 bits per heavy atom. The van der Waals surface area contributed by atoms with Crippen LogP contribution in [0.4, 0.5) is 0 Å². The number of amides is 2. The van der Waals surface area contributed by atoms with Crippen LogP contribution >= 0.6 is 0 Å². The topological polar surface area (TPSA) is 82.1 Å². The second-order valence-corrected chi connectivity index (χ2v) is 3.40. The molecule has 0 fully saturated rings. The Morgan fingerprint density at radius 2 is 1.72 bits per heavy atom. The maximum absolute atomic E-state index is 11.1. The fourth-order valence-electron chi connectivity index (χ4n) is 1.24. The highest BCUT2D eigenvalue weighted by atomic mass is 16.6. The smallest absolute Gasteiger partial charge is 0.331 e. The minimum Gasteiger partial charge on any atom is -0.467 e. The number of esters is 1. The van der Waals surface area contributed by atoms with Gasteiger partial charge < -0.3 is 14.2 Å². The Hall–Kier alpha value is -1.73. The van der Waals surface area contributed by atoms with Gasteiger partial charge in [0.1, 0.15) is 6.61 Å². The molecule has 0 radical (unpaired) electrons. The van der Waals surface area contributed by atoms with Crippen molar-refractivity contribution in [3.63, 3.8) is 0 Å². The molecular formula is C11H15NO6. The van der Waals surface area contributed by atoms with E-state index in [1.807, 2.05) is 0 Å². The molecule has 1 rings (SSSR count). The summed E-state index contributed by atoms with van der Waals surface area (Å²) in [4.78, 5) is 34.1. The number of imide groups is 1. The molecule has 100 valence electrons. The van der Waals surface area contributed by atoms with E-state index in [1.165, 1.54) is 19.3 Å². The average molecular weight is 257 g/mol. The summed E-state index contributed by atoms with van der Waals surface area (Å²) in [7, 11) is 1.28. The number of hydrogen-bond acceptors (Lipinski definition) is 6. The van der Waals surface area contributed by atoms with Gasteiger partial charge in [0.25, 0.3) is 11.8 Å². The number of ether oxygens (including phenoxy) is 3. The lowest BCUT2D eigenvalue weighted by Crippen LogP contribution is -2.33. The molecule has 18 heavy (non-hydrogen) atoms. The normalized spacial score (nSPS) is 14.4. The molecule has 0 spiro atoms. The molecule has 0 atom stereocenters. The third kappa shape index (κ3) is 4.64. The van der Waals surface area contributed by atoms with E-state index >= 15 is 0 Å². The molecule has 1 aliphatic rings. The lowest BCUT2D eigenvalue weighted by Gasteiger charge is -2.13. The Morgan fingerprint density at radius 3 is 2.33 bits per heavy atom. The first-order chi connectivity index (χ1) is 8.65. The lowest BCUT2D eigenvalue weighted by atomic mass is 10.5.